The summed E-state index contributed by atoms with van der Waals surface area (Å²) in [6.45, 7) is 0. The van der Waals surface area contributed by atoms with Crippen LogP contribution in [0.2, 0.25) is 5.02 Å². The summed E-state index contributed by atoms with van der Waals surface area (Å²) in [5.74, 6) is 0. The molecule has 0 unspecified atom stereocenters. The molecule has 0 aromatic heterocycles. The molecule has 3 atom stereocenters. The van der Waals surface area contributed by atoms with Crippen molar-refractivity contribution < 1.29 is 4.74 Å². The van der Waals surface area contributed by atoms with E-state index in [2.05, 4.69) is 0 Å². The van der Waals surface area contributed by atoms with Crippen molar-refractivity contribution in [2.24, 2.45) is 0 Å². The van der Waals surface area contributed by atoms with Crippen LogP contribution in [-0.2, 0) is 4.74 Å². The molecule has 1 aliphatic rings. The highest BCUT2D eigenvalue weighted by atomic mass is 35.5. The van der Waals surface area contributed by atoms with Gasteiger partial charge in [0.2, 0.25) is 0 Å². The van der Waals surface area contributed by atoms with E-state index in [-0.39, 0.29) is 11.5 Å². The highest BCUT2D eigenvalue weighted by Gasteiger charge is 2.33. The normalized spacial score (nSPS) is 32.1. The lowest BCUT2D eigenvalue weighted by Gasteiger charge is -2.09. The topological polar surface area (TPSA) is 9.23 Å². The van der Waals surface area contributed by atoms with Gasteiger partial charge in [-0.1, -0.05) is 35.3 Å². The lowest BCUT2D eigenvalue weighted by Crippen LogP contribution is -2.05. The Kier molecular flexibility index (Phi) is 3.23. The number of benzene rings is 1. The van der Waals surface area contributed by atoms with Crippen LogP contribution >= 0.6 is 34.8 Å². The predicted molar refractivity (Wildman–Crippen MR) is 59.2 cm³/mol. The SMILES string of the molecule is Clc1ccc([C@H]2C[C@H](Cl)[C@H](Cl)O2)cc1. The van der Waals surface area contributed by atoms with E-state index in [0.717, 1.165) is 17.0 Å². The number of rotatable bonds is 1. The molecule has 1 aromatic rings. The molecule has 1 nitrogen and oxygen atoms in total. The zero-order valence-electron chi connectivity index (χ0n) is 7.29. The molecule has 14 heavy (non-hydrogen) atoms. The molecule has 0 radical (unpaired) electrons. The van der Waals surface area contributed by atoms with E-state index in [9.17, 15) is 0 Å². The minimum Gasteiger partial charge on any atom is -0.353 e. The number of hydrogen-bond donors (Lipinski definition) is 0. The minimum absolute atomic E-state index is 0.00253. The summed E-state index contributed by atoms with van der Waals surface area (Å²) in [6.07, 6.45) is 0.745. The molecule has 1 saturated heterocycles. The van der Waals surface area contributed by atoms with Crippen LogP contribution in [0.3, 0.4) is 0 Å². The fourth-order valence-electron chi connectivity index (χ4n) is 1.50. The quantitative estimate of drug-likeness (QED) is 0.686. The maximum Gasteiger partial charge on any atom is 0.148 e. The van der Waals surface area contributed by atoms with E-state index in [1.165, 1.54) is 0 Å². The standard InChI is InChI=1S/C10H9Cl3O/c11-7-3-1-6(2-4-7)9-5-8(12)10(13)14-9/h1-4,8-10H,5H2/t8-,9+,10+/m0/s1. The van der Waals surface area contributed by atoms with Crippen LogP contribution in [0.4, 0.5) is 0 Å². The Morgan fingerprint density at radius 3 is 2.29 bits per heavy atom. The van der Waals surface area contributed by atoms with Gasteiger partial charge in [-0.25, -0.2) is 0 Å². The van der Waals surface area contributed by atoms with Crippen LogP contribution in [0.15, 0.2) is 24.3 Å². The van der Waals surface area contributed by atoms with Crippen molar-refractivity contribution in [2.45, 2.75) is 23.5 Å². The highest BCUT2D eigenvalue weighted by molar-refractivity contribution is 6.30. The third kappa shape index (κ3) is 2.17. The second-order valence-corrected chi connectivity index (χ2v) is 4.71. The summed E-state index contributed by atoms with van der Waals surface area (Å²) in [5, 5.41) is 0.605. The zero-order valence-corrected chi connectivity index (χ0v) is 9.56. The molecular weight excluding hydrogens is 242 g/mol. The summed E-state index contributed by atoms with van der Waals surface area (Å²) < 4.78 is 5.49. The van der Waals surface area contributed by atoms with Crippen LogP contribution in [0.25, 0.3) is 0 Å². The Balaban J connectivity index is 2.13. The van der Waals surface area contributed by atoms with Crippen LogP contribution < -0.4 is 0 Å². The Morgan fingerprint density at radius 1 is 1.14 bits per heavy atom. The molecule has 1 heterocycles. The van der Waals surface area contributed by atoms with Gasteiger partial charge in [-0.15, -0.1) is 11.6 Å². The summed E-state index contributed by atoms with van der Waals surface area (Å²) in [7, 11) is 0. The molecule has 1 aliphatic heterocycles. The molecule has 0 aliphatic carbocycles. The van der Waals surface area contributed by atoms with Gasteiger partial charge in [-0.2, -0.15) is 0 Å². The van der Waals surface area contributed by atoms with Crippen molar-refractivity contribution >= 4 is 34.8 Å². The fourth-order valence-corrected chi connectivity index (χ4v) is 2.08. The first-order valence-corrected chi connectivity index (χ1v) is 5.61. The largest absolute Gasteiger partial charge is 0.353 e. The molecular formula is C10H9Cl3O. The van der Waals surface area contributed by atoms with Crippen molar-refractivity contribution in [3.8, 4) is 0 Å². The van der Waals surface area contributed by atoms with Crippen LogP contribution in [-0.4, -0.2) is 10.9 Å². The Labute approximate surface area is 97.9 Å². The van der Waals surface area contributed by atoms with E-state index in [1.54, 1.807) is 0 Å². The maximum absolute atomic E-state index is 5.96. The summed E-state index contributed by atoms with van der Waals surface area (Å²) in [4.78, 5) is 0. The predicted octanol–water partition coefficient (Wildman–Crippen LogP) is 3.97. The van der Waals surface area contributed by atoms with Gasteiger partial charge in [-0.05, 0) is 24.1 Å². The van der Waals surface area contributed by atoms with Crippen molar-refractivity contribution in [3.63, 3.8) is 0 Å². The first-order chi connectivity index (χ1) is 6.66. The van der Waals surface area contributed by atoms with Crippen molar-refractivity contribution in [2.75, 3.05) is 0 Å². The molecule has 76 valence electrons. The summed E-state index contributed by atoms with van der Waals surface area (Å²) >= 11 is 17.6. The molecule has 0 saturated carbocycles. The zero-order chi connectivity index (χ0) is 10.1. The second-order valence-electron chi connectivity index (χ2n) is 3.28. The Bertz CT molecular complexity index is 302. The van der Waals surface area contributed by atoms with E-state index in [0.29, 0.717) is 0 Å². The van der Waals surface area contributed by atoms with E-state index >= 15 is 0 Å². The lowest BCUT2D eigenvalue weighted by molar-refractivity contribution is 0.0892. The monoisotopic (exact) mass is 250 g/mol. The van der Waals surface area contributed by atoms with Gasteiger partial charge < -0.3 is 4.74 Å². The highest BCUT2D eigenvalue weighted by Crippen LogP contribution is 2.37. The van der Waals surface area contributed by atoms with E-state index < -0.39 is 5.56 Å². The van der Waals surface area contributed by atoms with Crippen LogP contribution in [0, 0.1) is 0 Å². The molecule has 0 spiro atoms. The van der Waals surface area contributed by atoms with Crippen LogP contribution in [0.5, 0.6) is 0 Å². The number of alkyl halides is 2. The molecule has 2 rings (SSSR count). The van der Waals surface area contributed by atoms with E-state index in [1.807, 2.05) is 24.3 Å². The lowest BCUT2D eigenvalue weighted by atomic mass is 10.1. The average Bonchev–Trinajstić information content (AvgIpc) is 2.48. The molecule has 4 heteroatoms. The minimum atomic E-state index is -0.391. The van der Waals surface area contributed by atoms with Gasteiger partial charge in [-0.3, -0.25) is 0 Å². The smallest absolute Gasteiger partial charge is 0.148 e. The maximum atomic E-state index is 5.96. The summed E-state index contributed by atoms with van der Waals surface area (Å²) in [6, 6.07) is 7.55. The van der Waals surface area contributed by atoms with Gasteiger partial charge in [0.15, 0.2) is 0 Å². The van der Waals surface area contributed by atoms with Gasteiger partial charge >= 0.3 is 0 Å². The van der Waals surface area contributed by atoms with Gasteiger partial charge in [0.1, 0.15) is 5.56 Å². The third-order valence-corrected chi connectivity index (χ3v) is 3.45. The first kappa shape index (κ1) is 10.6. The number of halogens is 3. The molecule has 0 amide bonds. The first-order valence-electron chi connectivity index (χ1n) is 4.36. The summed E-state index contributed by atoms with van der Waals surface area (Å²) in [5.41, 5.74) is 0.681. The number of hydrogen-bond acceptors (Lipinski definition) is 1. The Morgan fingerprint density at radius 2 is 1.79 bits per heavy atom. The van der Waals surface area contributed by atoms with Crippen molar-refractivity contribution in [1.82, 2.24) is 0 Å². The van der Waals surface area contributed by atoms with Crippen molar-refractivity contribution in [3.05, 3.63) is 34.9 Å². The van der Waals surface area contributed by atoms with E-state index in [4.69, 9.17) is 39.5 Å². The van der Waals surface area contributed by atoms with Crippen molar-refractivity contribution in [1.29, 1.82) is 0 Å². The Hall–Kier alpha value is 0.0500. The third-order valence-electron chi connectivity index (χ3n) is 2.26. The second kappa shape index (κ2) is 4.28. The molecule has 1 aromatic carbocycles. The fraction of sp³-hybridized carbons (Fsp3) is 0.400. The molecule has 1 fully saturated rings. The van der Waals surface area contributed by atoms with Gasteiger partial charge in [0.25, 0.3) is 0 Å². The number of ether oxygens (including phenoxy) is 1. The van der Waals surface area contributed by atoms with Crippen LogP contribution in [0.1, 0.15) is 18.1 Å². The average molecular weight is 252 g/mol. The molecule has 0 bridgehead atoms. The van der Waals surface area contributed by atoms with Gasteiger partial charge in [0.05, 0.1) is 11.5 Å². The molecule has 0 N–H and O–H groups in total. The van der Waals surface area contributed by atoms with Gasteiger partial charge in [0, 0.05) is 5.02 Å².